The molecule has 0 aliphatic rings. The number of aromatic nitrogens is 1. The molecule has 0 unspecified atom stereocenters. The highest BCUT2D eigenvalue weighted by atomic mass is 16.1. The van der Waals surface area contributed by atoms with Crippen molar-refractivity contribution in [2.24, 2.45) is 0 Å². The summed E-state index contributed by atoms with van der Waals surface area (Å²) < 4.78 is 0. The molecule has 2 aromatic carbocycles. The highest BCUT2D eigenvalue weighted by Crippen LogP contribution is 2.21. The van der Waals surface area contributed by atoms with Crippen molar-refractivity contribution >= 4 is 10.9 Å². The summed E-state index contributed by atoms with van der Waals surface area (Å²) in [4.78, 5) is 15.5. The molecule has 0 saturated carbocycles. The second-order valence-corrected chi connectivity index (χ2v) is 5.37. The van der Waals surface area contributed by atoms with Crippen LogP contribution in [0.4, 0.5) is 0 Å². The molecule has 0 amide bonds. The summed E-state index contributed by atoms with van der Waals surface area (Å²) in [5.74, 6) is 0.514. The van der Waals surface area contributed by atoms with Gasteiger partial charge in [-0.1, -0.05) is 50.2 Å². The Morgan fingerprint density at radius 1 is 0.950 bits per heavy atom. The first kappa shape index (κ1) is 12.7. The van der Waals surface area contributed by atoms with Gasteiger partial charge in [0.05, 0.1) is 0 Å². The van der Waals surface area contributed by atoms with Gasteiger partial charge in [-0.15, -0.1) is 0 Å². The number of aromatic amines is 1. The van der Waals surface area contributed by atoms with Crippen molar-refractivity contribution in [2.45, 2.75) is 19.8 Å². The highest BCUT2D eigenvalue weighted by molar-refractivity contribution is 5.81. The Morgan fingerprint density at radius 2 is 1.65 bits per heavy atom. The number of H-pyrrole nitrogens is 1. The molecule has 1 aromatic heterocycles. The van der Waals surface area contributed by atoms with Crippen molar-refractivity contribution in [2.75, 3.05) is 0 Å². The van der Waals surface area contributed by atoms with E-state index >= 15 is 0 Å². The monoisotopic (exact) mass is 263 g/mol. The van der Waals surface area contributed by atoms with Crippen LogP contribution in [0.2, 0.25) is 0 Å². The summed E-state index contributed by atoms with van der Waals surface area (Å²) in [6.07, 6.45) is 0. The number of para-hydroxylation sites is 1. The predicted octanol–water partition coefficient (Wildman–Crippen LogP) is 4.32. The molecule has 0 bridgehead atoms. The summed E-state index contributed by atoms with van der Waals surface area (Å²) in [6.45, 7) is 4.35. The van der Waals surface area contributed by atoms with Crippen molar-refractivity contribution in [1.29, 1.82) is 0 Å². The minimum absolute atomic E-state index is 0.0577. The zero-order valence-electron chi connectivity index (χ0n) is 11.7. The van der Waals surface area contributed by atoms with Gasteiger partial charge in [0.2, 0.25) is 0 Å². The summed E-state index contributed by atoms with van der Waals surface area (Å²) >= 11 is 0. The summed E-state index contributed by atoms with van der Waals surface area (Å²) in [5.41, 5.74) is 4.14. The normalized spacial score (nSPS) is 11.2. The second kappa shape index (κ2) is 4.97. The van der Waals surface area contributed by atoms with Crippen LogP contribution in [0.25, 0.3) is 22.2 Å². The molecule has 2 nitrogen and oxygen atoms in total. The van der Waals surface area contributed by atoms with E-state index in [-0.39, 0.29) is 5.43 Å². The maximum Gasteiger partial charge on any atom is 0.190 e. The number of rotatable bonds is 2. The summed E-state index contributed by atoms with van der Waals surface area (Å²) in [7, 11) is 0. The van der Waals surface area contributed by atoms with Crippen LogP contribution in [0, 0.1) is 0 Å². The van der Waals surface area contributed by atoms with Gasteiger partial charge in [0.25, 0.3) is 0 Å². The molecule has 0 fully saturated rings. The molecule has 3 rings (SSSR count). The van der Waals surface area contributed by atoms with Crippen molar-refractivity contribution < 1.29 is 0 Å². The van der Waals surface area contributed by atoms with Crippen LogP contribution in [0.1, 0.15) is 25.3 Å². The average molecular weight is 263 g/mol. The number of benzene rings is 2. The van der Waals surface area contributed by atoms with E-state index in [9.17, 15) is 4.79 Å². The second-order valence-electron chi connectivity index (χ2n) is 5.37. The third-order valence-corrected chi connectivity index (χ3v) is 3.63. The lowest BCUT2D eigenvalue weighted by Crippen LogP contribution is -2.02. The fourth-order valence-corrected chi connectivity index (χ4v) is 2.40. The topological polar surface area (TPSA) is 32.9 Å². The summed E-state index contributed by atoms with van der Waals surface area (Å²) in [5, 5.41) is 0.732. The molecule has 1 N–H and O–H groups in total. The van der Waals surface area contributed by atoms with Crippen molar-refractivity contribution in [1.82, 2.24) is 4.98 Å². The largest absolute Gasteiger partial charge is 0.354 e. The maximum absolute atomic E-state index is 12.1. The predicted molar refractivity (Wildman–Crippen MR) is 84.1 cm³/mol. The molecular weight excluding hydrogens is 246 g/mol. The van der Waals surface area contributed by atoms with E-state index in [0.717, 1.165) is 22.2 Å². The Labute approximate surface area is 118 Å². The van der Waals surface area contributed by atoms with E-state index in [1.807, 2.05) is 24.3 Å². The number of pyridine rings is 1. The van der Waals surface area contributed by atoms with Crippen molar-refractivity contribution in [3.8, 4) is 11.3 Å². The van der Waals surface area contributed by atoms with E-state index in [1.165, 1.54) is 5.56 Å². The Balaban J connectivity index is 2.12. The van der Waals surface area contributed by atoms with Crippen LogP contribution >= 0.6 is 0 Å². The molecule has 3 aromatic rings. The third-order valence-electron chi connectivity index (χ3n) is 3.63. The first-order valence-electron chi connectivity index (χ1n) is 6.87. The maximum atomic E-state index is 12.1. The van der Waals surface area contributed by atoms with Gasteiger partial charge in [-0.3, -0.25) is 4.79 Å². The third kappa shape index (κ3) is 2.25. The minimum atomic E-state index is 0.0577. The molecule has 0 aliphatic carbocycles. The Kier molecular flexibility index (Phi) is 3.15. The standard InChI is InChI=1S/C18H17NO/c1-12(2)13-7-9-14(10-8-13)17-11-18(20)15-5-3-4-6-16(15)19-17/h3-12H,1-2H3,(H,19,20). The Bertz CT molecular complexity index is 798. The molecule has 2 heteroatoms. The Morgan fingerprint density at radius 3 is 2.35 bits per heavy atom. The first-order valence-corrected chi connectivity index (χ1v) is 6.87. The smallest absolute Gasteiger partial charge is 0.190 e. The SMILES string of the molecule is CC(C)c1ccc(-c2cc(=O)c3ccccc3[nH]2)cc1. The fourth-order valence-electron chi connectivity index (χ4n) is 2.40. The highest BCUT2D eigenvalue weighted by Gasteiger charge is 2.05. The van der Waals surface area contributed by atoms with E-state index in [4.69, 9.17) is 0 Å². The number of nitrogens with one attached hydrogen (secondary N) is 1. The van der Waals surface area contributed by atoms with Gasteiger partial charge in [0, 0.05) is 22.7 Å². The van der Waals surface area contributed by atoms with Crippen LogP contribution in [0.5, 0.6) is 0 Å². The lowest BCUT2D eigenvalue weighted by molar-refractivity contribution is 0.867. The van der Waals surface area contributed by atoms with E-state index in [2.05, 4.69) is 43.1 Å². The van der Waals surface area contributed by atoms with Crippen LogP contribution in [0.15, 0.2) is 59.4 Å². The van der Waals surface area contributed by atoms with Gasteiger partial charge in [-0.05, 0) is 29.2 Å². The van der Waals surface area contributed by atoms with Gasteiger partial charge >= 0.3 is 0 Å². The van der Waals surface area contributed by atoms with Crippen LogP contribution < -0.4 is 5.43 Å². The van der Waals surface area contributed by atoms with Gasteiger partial charge in [-0.2, -0.15) is 0 Å². The molecule has 0 atom stereocenters. The van der Waals surface area contributed by atoms with Crippen molar-refractivity contribution in [3.63, 3.8) is 0 Å². The molecule has 0 aliphatic heterocycles. The molecule has 0 radical (unpaired) electrons. The van der Waals surface area contributed by atoms with Gasteiger partial charge in [-0.25, -0.2) is 0 Å². The summed E-state index contributed by atoms with van der Waals surface area (Å²) in [6, 6.07) is 17.6. The number of fused-ring (bicyclic) bond motifs is 1. The minimum Gasteiger partial charge on any atom is -0.354 e. The fraction of sp³-hybridized carbons (Fsp3) is 0.167. The van der Waals surface area contributed by atoms with E-state index < -0.39 is 0 Å². The molecule has 20 heavy (non-hydrogen) atoms. The molecule has 0 spiro atoms. The quantitative estimate of drug-likeness (QED) is 0.734. The zero-order chi connectivity index (χ0) is 14.1. The van der Waals surface area contributed by atoms with Crippen LogP contribution in [0.3, 0.4) is 0 Å². The van der Waals surface area contributed by atoms with E-state index in [0.29, 0.717) is 5.92 Å². The zero-order valence-corrected chi connectivity index (χ0v) is 11.7. The molecule has 100 valence electrons. The van der Waals surface area contributed by atoms with Gasteiger partial charge in [0.1, 0.15) is 0 Å². The Hall–Kier alpha value is -2.35. The van der Waals surface area contributed by atoms with E-state index in [1.54, 1.807) is 6.07 Å². The molecule has 0 saturated heterocycles. The lowest BCUT2D eigenvalue weighted by Gasteiger charge is -2.08. The molecular formula is C18H17NO. The van der Waals surface area contributed by atoms with Crippen LogP contribution in [-0.4, -0.2) is 4.98 Å². The number of hydrogen-bond donors (Lipinski definition) is 1. The number of hydrogen-bond acceptors (Lipinski definition) is 1. The van der Waals surface area contributed by atoms with Crippen LogP contribution in [-0.2, 0) is 0 Å². The molecule has 1 heterocycles. The average Bonchev–Trinajstić information content (AvgIpc) is 2.47. The lowest BCUT2D eigenvalue weighted by atomic mass is 10.0. The first-order chi connectivity index (χ1) is 9.65. The van der Waals surface area contributed by atoms with Crippen molar-refractivity contribution in [3.05, 3.63) is 70.4 Å². The van der Waals surface area contributed by atoms with Gasteiger partial charge < -0.3 is 4.98 Å². The van der Waals surface area contributed by atoms with Gasteiger partial charge in [0.15, 0.2) is 5.43 Å².